The molecule has 2 aromatic rings. The molecule has 106 valence electrons. The molecule has 0 aliphatic carbocycles. The van der Waals surface area contributed by atoms with Crippen LogP contribution in [0.3, 0.4) is 0 Å². The number of hydrogen-bond donors (Lipinski definition) is 3. The zero-order valence-electron chi connectivity index (χ0n) is 11.5. The van der Waals surface area contributed by atoms with Crippen LogP contribution in [0.25, 0.3) is 0 Å². The van der Waals surface area contributed by atoms with Gasteiger partial charge in [-0.1, -0.05) is 17.3 Å². The van der Waals surface area contributed by atoms with Gasteiger partial charge in [-0.15, -0.1) is 11.3 Å². The third-order valence-corrected chi connectivity index (χ3v) is 4.12. The van der Waals surface area contributed by atoms with Crippen LogP contribution >= 0.6 is 11.3 Å². The molecule has 6 heteroatoms. The second-order valence-electron chi connectivity index (χ2n) is 4.60. The smallest absolute Gasteiger partial charge is 0.170 e. The molecular formula is C14H18N4OS. The summed E-state index contributed by atoms with van der Waals surface area (Å²) < 4.78 is 0. The maximum Gasteiger partial charge on any atom is 0.170 e. The number of aromatic nitrogens is 1. The molecule has 0 saturated heterocycles. The molecule has 0 aliphatic rings. The minimum Gasteiger partial charge on any atom is -0.409 e. The van der Waals surface area contributed by atoms with E-state index in [0.29, 0.717) is 0 Å². The fourth-order valence-corrected chi connectivity index (χ4v) is 2.58. The summed E-state index contributed by atoms with van der Waals surface area (Å²) in [6.07, 6.45) is 1.81. The molecule has 1 atom stereocenters. The summed E-state index contributed by atoms with van der Waals surface area (Å²) in [6.45, 7) is 4.86. The average Bonchev–Trinajstić information content (AvgIpc) is 2.99. The van der Waals surface area contributed by atoms with Gasteiger partial charge in [0.05, 0.1) is 6.04 Å². The number of hydrogen-bond acceptors (Lipinski definition) is 5. The molecule has 0 saturated carbocycles. The molecule has 5 nitrogen and oxygen atoms in total. The van der Waals surface area contributed by atoms with Crippen LogP contribution in [0.15, 0.2) is 34.9 Å². The number of nitrogens with two attached hydrogens (primary N) is 1. The molecule has 0 radical (unpaired) electrons. The number of benzene rings is 1. The first-order valence-electron chi connectivity index (χ1n) is 6.32. The monoisotopic (exact) mass is 290 g/mol. The Morgan fingerprint density at radius 1 is 1.55 bits per heavy atom. The van der Waals surface area contributed by atoms with Crippen molar-refractivity contribution in [1.82, 2.24) is 10.3 Å². The zero-order chi connectivity index (χ0) is 14.5. The van der Waals surface area contributed by atoms with E-state index in [4.69, 9.17) is 10.9 Å². The normalized spacial score (nSPS) is 13.4. The van der Waals surface area contributed by atoms with E-state index in [9.17, 15) is 0 Å². The first-order chi connectivity index (χ1) is 9.61. The Bertz CT molecular complexity index is 595. The van der Waals surface area contributed by atoms with Crippen LogP contribution in [0.1, 0.15) is 34.7 Å². The summed E-state index contributed by atoms with van der Waals surface area (Å²) in [5, 5.41) is 18.2. The van der Waals surface area contributed by atoms with Gasteiger partial charge in [0, 0.05) is 23.7 Å². The maximum atomic E-state index is 8.68. The predicted molar refractivity (Wildman–Crippen MR) is 81.1 cm³/mol. The predicted octanol–water partition coefficient (Wildman–Crippen LogP) is 2.40. The van der Waals surface area contributed by atoms with Gasteiger partial charge in [-0.25, -0.2) is 4.98 Å². The summed E-state index contributed by atoms with van der Waals surface area (Å²) in [5.74, 6) is 0.128. The molecule has 0 bridgehead atoms. The second-order valence-corrected chi connectivity index (χ2v) is 5.53. The summed E-state index contributed by atoms with van der Waals surface area (Å²) >= 11 is 1.65. The van der Waals surface area contributed by atoms with E-state index in [0.717, 1.165) is 22.7 Å². The Labute approximate surface area is 122 Å². The zero-order valence-corrected chi connectivity index (χ0v) is 12.3. The van der Waals surface area contributed by atoms with Crippen molar-refractivity contribution in [3.63, 3.8) is 0 Å². The molecule has 0 fully saturated rings. The lowest BCUT2D eigenvalue weighted by Crippen LogP contribution is -2.19. The summed E-state index contributed by atoms with van der Waals surface area (Å²) in [7, 11) is 0. The highest BCUT2D eigenvalue weighted by Crippen LogP contribution is 2.17. The highest BCUT2D eigenvalue weighted by molar-refractivity contribution is 7.09. The third-order valence-electron chi connectivity index (χ3n) is 3.17. The number of amidine groups is 1. The van der Waals surface area contributed by atoms with Crippen LogP contribution in [0.5, 0.6) is 0 Å². The second kappa shape index (κ2) is 6.49. The fourth-order valence-electron chi connectivity index (χ4n) is 1.91. The van der Waals surface area contributed by atoms with E-state index < -0.39 is 0 Å². The Hall–Kier alpha value is -1.92. The van der Waals surface area contributed by atoms with Gasteiger partial charge in [0.15, 0.2) is 5.84 Å². The Kier molecular flexibility index (Phi) is 4.70. The first kappa shape index (κ1) is 14.5. The van der Waals surface area contributed by atoms with Crippen LogP contribution in [0.2, 0.25) is 0 Å². The Morgan fingerprint density at radius 3 is 2.95 bits per heavy atom. The Balaban J connectivity index is 2.03. The van der Waals surface area contributed by atoms with Gasteiger partial charge < -0.3 is 16.3 Å². The number of thiazole rings is 1. The molecule has 2 rings (SSSR count). The van der Waals surface area contributed by atoms with Crippen molar-refractivity contribution < 1.29 is 5.21 Å². The molecule has 0 amide bonds. The highest BCUT2D eigenvalue weighted by atomic mass is 32.1. The van der Waals surface area contributed by atoms with E-state index in [1.807, 2.05) is 36.7 Å². The van der Waals surface area contributed by atoms with Crippen molar-refractivity contribution in [1.29, 1.82) is 0 Å². The van der Waals surface area contributed by atoms with Crippen molar-refractivity contribution >= 4 is 17.2 Å². The Morgan fingerprint density at radius 2 is 2.35 bits per heavy atom. The molecular weight excluding hydrogens is 272 g/mol. The topological polar surface area (TPSA) is 83.5 Å². The largest absolute Gasteiger partial charge is 0.409 e. The maximum absolute atomic E-state index is 8.68. The molecule has 4 N–H and O–H groups in total. The van der Waals surface area contributed by atoms with Crippen LogP contribution in [0.4, 0.5) is 0 Å². The van der Waals surface area contributed by atoms with E-state index in [1.54, 1.807) is 11.3 Å². The fraction of sp³-hybridized carbons (Fsp3) is 0.286. The van der Waals surface area contributed by atoms with E-state index in [1.165, 1.54) is 5.56 Å². The van der Waals surface area contributed by atoms with E-state index in [-0.39, 0.29) is 11.9 Å². The third kappa shape index (κ3) is 3.34. The SMILES string of the molecule is Cc1cc(/C(N)=N/O)ccc1CNC(C)c1nccs1. The van der Waals surface area contributed by atoms with Crippen molar-refractivity contribution in [2.45, 2.75) is 26.4 Å². The number of nitrogens with one attached hydrogen (secondary N) is 1. The lowest BCUT2D eigenvalue weighted by atomic mass is 10.0. The molecule has 1 unspecified atom stereocenters. The van der Waals surface area contributed by atoms with Crippen molar-refractivity contribution in [3.8, 4) is 0 Å². The molecule has 0 spiro atoms. The lowest BCUT2D eigenvalue weighted by molar-refractivity contribution is 0.318. The molecule has 1 heterocycles. The van der Waals surface area contributed by atoms with Crippen LogP contribution in [-0.2, 0) is 6.54 Å². The van der Waals surface area contributed by atoms with Gasteiger partial charge in [0.25, 0.3) is 0 Å². The highest BCUT2D eigenvalue weighted by Gasteiger charge is 2.09. The number of nitrogens with zero attached hydrogens (tertiary/aromatic N) is 2. The minimum absolute atomic E-state index is 0.128. The van der Waals surface area contributed by atoms with E-state index in [2.05, 4.69) is 22.4 Å². The number of aryl methyl sites for hydroxylation is 1. The molecule has 0 aliphatic heterocycles. The average molecular weight is 290 g/mol. The van der Waals surface area contributed by atoms with Gasteiger partial charge in [0.2, 0.25) is 0 Å². The lowest BCUT2D eigenvalue weighted by Gasteiger charge is -2.13. The van der Waals surface area contributed by atoms with Crippen molar-refractivity contribution in [3.05, 3.63) is 51.5 Å². The van der Waals surface area contributed by atoms with Gasteiger partial charge in [-0.3, -0.25) is 0 Å². The molecule has 20 heavy (non-hydrogen) atoms. The first-order valence-corrected chi connectivity index (χ1v) is 7.20. The van der Waals surface area contributed by atoms with Gasteiger partial charge in [0.1, 0.15) is 5.01 Å². The van der Waals surface area contributed by atoms with Crippen LogP contribution in [-0.4, -0.2) is 16.0 Å². The van der Waals surface area contributed by atoms with Gasteiger partial charge in [-0.2, -0.15) is 0 Å². The summed E-state index contributed by atoms with van der Waals surface area (Å²) in [5.41, 5.74) is 8.59. The quantitative estimate of drug-likeness (QED) is 0.342. The van der Waals surface area contributed by atoms with Crippen LogP contribution in [0, 0.1) is 6.92 Å². The van der Waals surface area contributed by atoms with Gasteiger partial charge >= 0.3 is 0 Å². The summed E-state index contributed by atoms with van der Waals surface area (Å²) in [6, 6.07) is 5.98. The van der Waals surface area contributed by atoms with Gasteiger partial charge in [-0.05, 0) is 31.0 Å². The minimum atomic E-state index is 0.128. The standard InChI is InChI=1S/C14H18N4OS/c1-9-7-11(13(15)18-19)3-4-12(9)8-17-10(2)14-16-5-6-20-14/h3-7,10,17,19H,8H2,1-2H3,(H2,15,18). The molecule has 1 aromatic heterocycles. The van der Waals surface area contributed by atoms with Crippen molar-refractivity contribution in [2.24, 2.45) is 10.9 Å². The van der Waals surface area contributed by atoms with Crippen LogP contribution < -0.4 is 11.1 Å². The summed E-state index contributed by atoms with van der Waals surface area (Å²) in [4.78, 5) is 4.30. The van der Waals surface area contributed by atoms with E-state index >= 15 is 0 Å². The number of oxime groups is 1. The molecule has 1 aromatic carbocycles. The number of rotatable bonds is 5. The van der Waals surface area contributed by atoms with Crippen molar-refractivity contribution in [2.75, 3.05) is 0 Å².